The summed E-state index contributed by atoms with van der Waals surface area (Å²) in [4.78, 5) is 11.7. The summed E-state index contributed by atoms with van der Waals surface area (Å²) in [5, 5.41) is 0. The number of carbonyl (C=O) groups excluding carboxylic acids is 1. The van der Waals surface area contributed by atoms with Crippen molar-refractivity contribution in [3.63, 3.8) is 0 Å². The molecule has 0 aliphatic rings. The molecular weight excluding hydrogens is 224 g/mol. The standard InChI is InChI=1S/C12H16O3S/c1-4-15-12-10(14-3)6-9(8-13)7-11(12)16-5-2/h6-8H,4-5H2,1-3H3. The summed E-state index contributed by atoms with van der Waals surface area (Å²) >= 11 is 1.64. The van der Waals surface area contributed by atoms with Crippen molar-refractivity contribution in [2.45, 2.75) is 18.7 Å². The van der Waals surface area contributed by atoms with Gasteiger partial charge >= 0.3 is 0 Å². The molecular formula is C12H16O3S. The van der Waals surface area contributed by atoms with Crippen molar-refractivity contribution in [1.29, 1.82) is 0 Å². The van der Waals surface area contributed by atoms with Crippen LogP contribution in [-0.2, 0) is 0 Å². The van der Waals surface area contributed by atoms with E-state index in [-0.39, 0.29) is 0 Å². The fraction of sp³-hybridized carbons (Fsp3) is 0.417. The van der Waals surface area contributed by atoms with Gasteiger partial charge in [0.1, 0.15) is 6.29 Å². The van der Waals surface area contributed by atoms with Crippen molar-refractivity contribution in [1.82, 2.24) is 0 Å². The molecule has 1 aromatic rings. The van der Waals surface area contributed by atoms with E-state index in [1.807, 2.05) is 13.0 Å². The Balaban J connectivity index is 3.22. The molecule has 1 rings (SSSR count). The molecule has 0 unspecified atom stereocenters. The number of carbonyl (C=O) groups is 1. The zero-order chi connectivity index (χ0) is 12.0. The summed E-state index contributed by atoms with van der Waals surface area (Å²) in [7, 11) is 1.58. The minimum absolute atomic E-state index is 0.577. The zero-order valence-electron chi connectivity index (χ0n) is 9.78. The molecule has 4 heteroatoms. The van der Waals surface area contributed by atoms with Gasteiger partial charge in [0.25, 0.3) is 0 Å². The predicted octanol–water partition coefficient (Wildman–Crippen LogP) is 3.02. The van der Waals surface area contributed by atoms with E-state index in [0.717, 1.165) is 22.7 Å². The Morgan fingerprint density at radius 1 is 1.38 bits per heavy atom. The number of aldehydes is 1. The SMILES string of the molecule is CCOc1c(OC)cc(C=O)cc1SCC. The van der Waals surface area contributed by atoms with Gasteiger partial charge in [-0.15, -0.1) is 11.8 Å². The second kappa shape index (κ2) is 6.43. The summed E-state index contributed by atoms with van der Waals surface area (Å²) in [6.07, 6.45) is 0.817. The van der Waals surface area contributed by atoms with Crippen molar-refractivity contribution < 1.29 is 14.3 Å². The monoisotopic (exact) mass is 240 g/mol. The van der Waals surface area contributed by atoms with Gasteiger partial charge in [-0.05, 0) is 24.8 Å². The van der Waals surface area contributed by atoms with Gasteiger partial charge in [0, 0.05) is 5.56 Å². The maximum absolute atomic E-state index is 10.8. The lowest BCUT2D eigenvalue weighted by Crippen LogP contribution is -1.98. The van der Waals surface area contributed by atoms with Gasteiger partial charge in [0.2, 0.25) is 0 Å². The van der Waals surface area contributed by atoms with Crippen LogP contribution in [0.25, 0.3) is 0 Å². The third-order valence-corrected chi connectivity index (χ3v) is 2.89. The molecule has 16 heavy (non-hydrogen) atoms. The Morgan fingerprint density at radius 2 is 2.12 bits per heavy atom. The zero-order valence-corrected chi connectivity index (χ0v) is 10.6. The van der Waals surface area contributed by atoms with Crippen molar-refractivity contribution in [3.8, 4) is 11.5 Å². The van der Waals surface area contributed by atoms with Gasteiger partial charge in [-0.25, -0.2) is 0 Å². The Hall–Kier alpha value is -1.16. The quantitative estimate of drug-likeness (QED) is 0.565. The maximum Gasteiger partial charge on any atom is 0.174 e. The van der Waals surface area contributed by atoms with E-state index < -0.39 is 0 Å². The van der Waals surface area contributed by atoms with Crippen molar-refractivity contribution in [2.75, 3.05) is 19.5 Å². The number of hydrogen-bond donors (Lipinski definition) is 0. The average Bonchev–Trinajstić information content (AvgIpc) is 2.31. The van der Waals surface area contributed by atoms with Crippen LogP contribution in [0.4, 0.5) is 0 Å². The second-order valence-electron chi connectivity index (χ2n) is 3.03. The fourth-order valence-electron chi connectivity index (χ4n) is 1.37. The molecule has 0 saturated heterocycles. The molecule has 0 heterocycles. The third kappa shape index (κ3) is 2.92. The van der Waals surface area contributed by atoms with Crippen LogP contribution < -0.4 is 9.47 Å². The molecule has 0 radical (unpaired) electrons. The van der Waals surface area contributed by atoms with E-state index in [1.165, 1.54) is 0 Å². The molecule has 0 aromatic heterocycles. The van der Waals surface area contributed by atoms with E-state index in [2.05, 4.69) is 6.92 Å². The number of rotatable bonds is 6. The highest BCUT2D eigenvalue weighted by molar-refractivity contribution is 7.99. The molecule has 1 aromatic carbocycles. The second-order valence-corrected chi connectivity index (χ2v) is 4.34. The minimum Gasteiger partial charge on any atom is -0.493 e. The van der Waals surface area contributed by atoms with Crippen molar-refractivity contribution >= 4 is 18.0 Å². The molecule has 0 amide bonds. The first-order valence-electron chi connectivity index (χ1n) is 5.19. The number of ether oxygens (including phenoxy) is 2. The van der Waals surface area contributed by atoms with Crippen molar-refractivity contribution in [3.05, 3.63) is 17.7 Å². The summed E-state index contributed by atoms with van der Waals surface area (Å²) < 4.78 is 10.8. The lowest BCUT2D eigenvalue weighted by molar-refractivity contribution is 0.112. The summed E-state index contributed by atoms with van der Waals surface area (Å²) in [6.45, 7) is 4.56. The largest absolute Gasteiger partial charge is 0.493 e. The molecule has 0 aliphatic carbocycles. The molecule has 88 valence electrons. The Labute approximate surface area is 100 Å². The highest BCUT2D eigenvalue weighted by Crippen LogP contribution is 2.38. The number of thioether (sulfide) groups is 1. The van der Waals surface area contributed by atoms with Crippen LogP contribution >= 0.6 is 11.8 Å². The van der Waals surface area contributed by atoms with Crippen LogP contribution in [0.2, 0.25) is 0 Å². The normalized spacial score (nSPS) is 9.94. The Bertz CT molecular complexity index is 364. The average molecular weight is 240 g/mol. The molecule has 0 aliphatic heterocycles. The van der Waals surface area contributed by atoms with E-state index in [1.54, 1.807) is 24.9 Å². The summed E-state index contributed by atoms with van der Waals surface area (Å²) in [5.74, 6) is 2.26. The van der Waals surface area contributed by atoms with Crippen LogP contribution in [0.15, 0.2) is 17.0 Å². The first-order valence-corrected chi connectivity index (χ1v) is 6.18. The van der Waals surface area contributed by atoms with Gasteiger partial charge in [0.05, 0.1) is 18.6 Å². The molecule has 0 fully saturated rings. The first-order chi connectivity index (χ1) is 7.76. The molecule has 0 spiro atoms. The number of methoxy groups -OCH3 is 1. The highest BCUT2D eigenvalue weighted by Gasteiger charge is 2.12. The molecule has 3 nitrogen and oxygen atoms in total. The van der Waals surface area contributed by atoms with Crippen LogP contribution in [0.1, 0.15) is 24.2 Å². The van der Waals surface area contributed by atoms with Crippen LogP contribution in [-0.4, -0.2) is 25.8 Å². The molecule has 0 N–H and O–H groups in total. The van der Waals surface area contributed by atoms with Gasteiger partial charge < -0.3 is 9.47 Å². The molecule has 0 bridgehead atoms. The van der Waals surface area contributed by atoms with Gasteiger partial charge in [-0.3, -0.25) is 4.79 Å². The van der Waals surface area contributed by atoms with E-state index in [0.29, 0.717) is 17.9 Å². The van der Waals surface area contributed by atoms with E-state index in [4.69, 9.17) is 9.47 Å². The van der Waals surface area contributed by atoms with Crippen LogP contribution in [0.3, 0.4) is 0 Å². The minimum atomic E-state index is 0.577. The molecule has 0 saturated carbocycles. The Morgan fingerprint density at radius 3 is 2.62 bits per heavy atom. The smallest absolute Gasteiger partial charge is 0.174 e. The van der Waals surface area contributed by atoms with Crippen LogP contribution in [0.5, 0.6) is 11.5 Å². The Kier molecular flexibility index (Phi) is 5.19. The fourth-order valence-corrected chi connectivity index (χ4v) is 2.19. The maximum atomic E-state index is 10.8. The third-order valence-electron chi connectivity index (χ3n) is 1.99. The predicted molar refractivity (Wildman–Crippen MR) is 65.9 cm³/mol. The number of benzene rings is 1. The van der Waals surface area contributed by atoms with Gasteiger partial charge in [0.15, 0.2) is 11.5 Å². The lowest BCUT2D eigenvalue weighted by atomic mass is 10.2. The van der Waals surface area contributed by atoms with Gasteiger partial charge in [-0.1, -0.05) is 6.92 Å². The van der Waals surface area contributed by atoms with Gasteiger partial charge in [-0.2, -0.15) is 0 Å². The molecule has 0 atom stereocenters. The van der Waals surface area contributed by atoms with E-state index >= 15 is 0 Å². The lowest BCUT2D eigenvalue weighted by Gasteiger charge is -2.14. The van der Waals surface area contributed by atoms with E-state index in [9.17, 15) is 4.79 Å². The highest BCUT2D eigenvalue weighted by atomic mass is 32.2. The first kappa shape index (κ1) is 12.9. The van der Waals surface area contributed by atoms with Crippen LogP contribution in [0, 0.1) is 0 Å². The number of hydrogen-bond acceptors (Lipinski definition) is 4. The van der Waals surface area contributed by atoms with Crippen molar-refractivity contribution in [2.24, 2.45) is 0 Å². The summed E-state index contributed by atoms with van der Waals surface area (Å²) in [5.41, 5.74) is 0.608. The topological polar surface area (TPSA) is 35.5 Å². The summed E-state index contributed by atoms with van der Waals surface area (Å²) in [6, 6.07) is 3.52.